The van der Waals surface area contributed by atoms with E-state index in [0.29, 0.717) is 41.4 Å². The summed E-state index contributed by atoms with van der Waals surface area (Å²) in [6.07, 6.45) is 15.7. The molecule has 2 N–H and O–H groups in total. The zero-order valence-electron chi connectivity index (χ0n) is 39.4. The second kappa shape index (κ2) is 21.8. The lowest BCUT2D eigenvalue weighted by molar-refractivity contribution is 0.0306. The van der Waals surface area contributed by atoms with E-state index in [1.807, 2.05) is 6.07 Å². The van der Waals surface area contributed by atoms with Gasteiger partial charge >= 0.3 is 0 Å². The van der Waals surface area contributed by atoms with Crippen molar-refractivity contribution in [2.45, 2.75) is 202 Å². The monoisotopic (exact) mass is 798 g/mol. The van der Waals surface area contributed by atoms with Crippen molar-refractivity contribution in [1.29, 1.82) is 0 Å². The number of benzene rings is 3. The minimum atomic E-state index is -1.67. The lowest BCUT2D eigenvalue weighted by Crippen LogP contribution is -2.44. The Balaban J connectivity index is 2.37. The van der Waals surface area contributed by atoms with E-state index in [1.165, 1.54) is 51.4 Å². The summed E-state index contributed by atoms with van der Waals surface area (Å²) in [6, 6.07) is 16.1. The third kappa shape index (κ3) is 13.6. The summed E-state index contributed by atoms with van der Waals surface area (Å²) < 4.78 is 13.5. The first-order chi connectivity index (χ1) is 27.2. The molecule has 0 heterocycles. The van der Waals surface area contributed by atoms with E-state index in [0.717, 1.165) is 47.9 Å². The van der Waals surface area contributed by atoms with Gasteiger partial charge in [0.1, 0.15) is 22.8 Å². The first kappa shape index (κ1) is 49.1. The Kier molecular flexibility index (Phi) is 18.4. The average Bonchev–Trinajstić information content (AvgIpc) is 3.13. The van der Waals surface area contributed by atoms with Gasteiger partial charge in [0, 0.05) is 28.5 Å². The normalized spacial score (nSPS) is 13.4. The van der Waals surface area contributed by atoms with Gasteiger partial charge in [-0.05, 0) is 89.0 Å². The Morgan fingerprint density at radius 1 is 0.586 bits per heavy atom. The summed E-state index contributed by atoms with van der Waals surface area (Å²) in [5, 5.41) is 25.8. The zero-order valence-corrected chi connectivity index (χ0v) is 39.4. The third-order valence-corrected chi connectivity index (χ3v) is 11.5. The lowest BCUT2D eigenvalue weighted by atomic mass is 9.72. The molecule has 0 amide bonds. The van der Waals surface area contributed by atoms with Crippen LogP contribution in [-0.2, 0) is 21.8 Å². The van der Waals surface area contributed by atoms with Crippen molar-refractivity contribution in [3.05, 3.63) is 87.5 Å². The van der Waals surface area contributed by atoms with Gasteiger partial charge in [0.25, 0.3) is 0 Å². The van der Waals surface area contributed by atoms with E-state index in [2.05, 4.69) is 139 Å². The van der Waals surface area contributed by atoms with Crippen molar-refractivity contribution in [3.8, 4) is 17.2 Å². The van der Waals surface area contributed by atoms with Gasteiger partial charge in [0.15, 0.2) is 0 Å². The number of phenols is 1. The molecular formula is C53H83NO4. The summed E-state index contributed by atoms with van der Waals surface area (Å²) in [7, 11) is 0. The van der Waals surface area contributed by atoms with Crippen LogP contribution >= 0.6 is 0 Å². The molecule has 0 aliphatic heterocycles. The number of aromatic hydroxyl groups is 1. The second-order valence-electron chi connectivity index (χ2n) is 20.4. The Hall–Kier alpha value is -3.31. The van der Waals surface area contributed by atoms with E-state index >= 15 is 0 Å². The van der Waals surface area contributed by atoms with Gasteiger partial charge in [-0.25, -0.2) is 0 Å². The molecule has 3 rings (SSSR count). The van der Waals surface area contributed by atoms with Crippen LogP contribution in [0.4, 0.5) is 0 Å². The maximum absolute atomic E-state index is 14.2. The third-order valence-electron chi connectivity index (χ3n) is 11.5. The number of hydrogen-bond acceptors (Lipinski definition) is 5. The van der Waals surface area contributed by atoms with Crippen LogP contribution in [0.5, 0.6) is 17.2 Å². The SMILES string of the molecule is CCCCCCCCOc1ccc(C(C)(C)C)cc1C(O)(c1cc(C(C)(C)C)ccc1OCCCCCCCC)C(N=Cc1cc(C)cc(C(C)(C)C)c1O)C(C)C. The summed E-state index contributed by atoms with van der Waals surface area (Å²) in [5.41, 5.74) is 3.85. The molecule has 1 atom stereocenters. The Morgan fingerprint density at radius 3 is 1.41 bits per heavy atom. The minimum Gasteiger partial charge on any atom is -0.507 e. The molecule has 0 aromatic heterocycles. The van der Waals surface area contributed by atoms with Gasteiger partial charge in [-0.3, -0.25) is 4.99 Å². The summed E-state index contributed by atoms with van der Waals surface area (Å²) in [5.74, 6) is 1.44. The van der Waals surface area contributed by atoms with Crippen LogP contribution in [0.3, 0.4) is 0 Å². The van der Waals surface area contributed by atoms with Crippen molar-refractivity contribution in [3.63, 3.8) is 0 Å². The van der Waals surface area contributed by atoms with Crippen LogP contribution in [0.2, 0.25) is 0 Å². The number of phenolic OH excluding ortho intramolecular Hbond substituents is 1. The highest BCUT2D eigenvalue weighted by Crippen LogP contribution is 2.48. The highest BCUT2D eigenvalue weighted by Gasteiger charge is 2.47. The number of aliphatic hydroxyl groups is 1. The first-order valence-electron chi connectivity index (χ1n) is 22.8. The summed E-state index contributed by atoms with van der Waals surface area (Å²) in [6.45, 7) is 31.5. The molecule has 0 aliphatic carbocycles. The molecule has 5 heteroatoms. The zero-order chi connectivity index (χ0) is 43.3. The highest BCUT2D eigenvalue weighted by molar-refractivity contribution is 5.85. The van der Waals surface area contributed by atoms with Gasteiger partial charge in [-0.15, -0.1) is 0 Å². The smallest absolute Gasteiger partial charge is 0.144 e. The lowest BCUT2D eigenvalue weighted by Gasteiger charge is -2.40. The van der Waals surface area contributed by atoms with Crippen molar-refractivity contribution < 1.29 is 19.7 Å². The standard InChI is InChI=1S/C53H83NO4/c1-15-17-19-21-23-25-31-57-46-29-27-41(50(6,7)8)35-43(46)53(56,49(38(3)4)54-37-40-33-39(5)34-45(48(40)55)52(12,13)14)44-36-42(51(9,10)11)28-30-47(44)58-32-26-24-22-20-18-16-2/h27-30,33-38,49,55-56H,15-26,31-32H2,1-14H3. The molecular weight excluding hydrogens is 715 g/mol. The molecule has 0 saturated heterocycles. The van der Waals surface area contributed by atoms with E-state index in [1.54, 1.807) is 6.21 Å². The molecule has 324 valence electrons. The fraction of sp³-hybridized carbons (Fsp3) is 0.642. The average molecular weight is 798 g/mol. The summed E-state index contributed by atoms with van der Waals surface area (Å²) >= 11 is 0. The molecule has 0 saturated carbocycles. The molecule has 1 unspecified atom stereocenters. The van der Waals surface area contributed by atoms with Gasteiger partial charge in [-0.2, -0.15) is 0 Å². The largest absolute Gasteiger partial charge is 0.507 e. The maximum atomic E-state index is 14.2. The summed E-state index contributed by atoms with van der Waals surface area (Å²) in [4.78, 5) is 5.34. The molecule has 0 spiro atoms. The number of aliphatic imine (C=N–C) groups is 1. The maximum Gasteiger partial charge on any atom is 0.144 e. The fourth-order valence-corrected chi connectivity index (χ4v) is 7.83. The number of unbranched alkanes of at least 4 members (excludes halogenated alkanes) is 10. The molecule has 58 heavy (non-hydrogen) atoms. The quantitative estimate of drug-likeness (QED) is 0.0784. The predicted molar refractivity (Wildman–Crippen MR) is 249 cm³/mol. The topological polar surface area (TPSA) is 71.3 Å². The number of aryl methyl sites for hydroxylation is 1. The molecule has 5 nitrogen and oxygen atoms in total. The van der Waals surface area contributed by atoms with Crippen LogP contribution in [0, 0.1) is 12.8 Å². The van der Waals surface area contributed by atoms with Crippen molar-refractivity contribution in [2.75, 3.05) is 13.2 Å². The minimum absolute atomic E-state index is 0.121. The number of ether oxygens (including phenoxy) is 2. The van der Waals surface area contributed by atoms with Crippen LogP contribution in [0.1, 0.15) is 206 Å². The highest BCUT2D eigenvalue weighted by atomic mass is 16.5. The Bertz CT molecular complexity index is 1650. The van der Waals surface area contributed by atoms with Crippen LogP contribution in [0.15, 0.2) is 53.5 Å². The Labute approximate surface area is 355 Å². The van der Waals surface area contributed by atoms with E-state index in [9.17, 15) is 10.2 Å². The molecule has 0 radical (unpaired) electrons. The van der Waals surface area contributed by atoms with Crippen molar-refractivity contribution >= 4 is 6.21 Å². The number of rotatable bonds is 22. The fourth-order valence-electron chi connectivity index (χ4n) is 7.83. The molecule has 3 aromatic rings. The molecule has 0 aliphatic rings. The molecule has 0 bridgehead atoms. The Morgan fingerprint density at radius 2 is 1.02 bits per heavy atom. The van der Waals surface area contributed by atoms with Crippen molar-refractivity contribution in [1.82, 2.24) is 0 Å². The number of hydrogen-bond donors (Lipinski definition) is 2. The van der Waals surface area contributed by atoms with Gasteiger partial charge in [0.2, 0.25) is 0 Å². The first-order valence-corrected chi connectivity index (χ1v) is 22.8. The van der Waals surface area contributed by atoms with Crippen LogP contribution in [-0.4, -0.2) is 35.7 Å². The van der Waals surface area contributed by atoms with Gasteiger partial charge in [0.05, 0.1) is 19.3 Å². The number of nitrogens with zero attached hydrogens (tertiary/aromatic N) is 1. The second-order valence-corrected chi connectivity index (χ2v) is 20.4. The molecule has 0 fully saturated rings. The van der Waals surface area contributed by atoms with Crippen molar-refractivity contribution in [2.24, 2.45) is 10.9 Å². The van der Waals surface area contributed by atoms with Crippen LogP contribution in [0.25, 0.3) is 0 Å². The van der Waals surface area contributed by atoms with Gasteiger partial charge < -0.3 is 19.7 Å². The van der Waals surface area contributed by atoms with Gasteiger partial charge in [-0.1, -0.05) is 172 Å². The van der Waals surface area contributed by atoms with E-state index in [-0.39, 0.29) is 27.9 Å². The molecule has 3 aromatic carbocycles. The predicted octanol–water partition coefficient (Wildman–Crippen LogP) is 14.5. The van der Waals surface area contributed by atoms with E-state index < -0.39 is 11.6 Å². The van der Waals surface area contributed by atoms with E-state index in [4.69, 9.17) is 14.5 Å². The van der Waals surface area contributed by atoms with Crippen LogP contribution < -0.4 is 9.47 Å².